The Bertz CT molecular complexity index is 308. The average molecular weight is 270 g/mol. The van der Waals surface area contributed by atoms with E-state index in [4.69, 9.17) is 5.73 Å². The van der Waals surface area contributed by atoms with E-state index >= 15 is 0 Å². The lowest BCUT2D eigenvalue weighted by Crippen LogP contribution is -2.56. The van der Waals surface area contributed by atoms with Gasteiger partial charge in [0.25, 0.3) is 0 Å². The summed E-state index contributed by atoms with van der Waals surface area (Å²) in [6.45, 7) is 8.41. The van der Waals surface area contributed by atoms with E-state index in [2.05, 4.69) is 5.32 Å². The van der Waals surface area contributed by atoms with Crippen molar-refractivity contribution in [3.8, 4) is 0 Å². The molecule has 0 aromatic heterocycles. The van der Waals surface area contributed by atoms with E-state index in [0.29, 0.717) is 18.4 Å². The lowest BCUT2D eigenvalue weighted by Gasteiger charge is -2.38. The number of aliphatic hydroxyl groups is 1. The van der Waals surface area contributed by atoms with Crippen molar-refractivity contribution in [2.45, 2.75) is 58.9 Å². The molecule has 0 aliphatic heterocycles. The maximum Gasteiger partial charge on any atom is 0.227 e. The largest absolute Gasteiger partial charge is 0.396 e. The predicted octanol–water partition coefficient (Wildman–Crippen LogP) is 1.66. The van der Waals surface area contributed by atoms with Crippen LogP contribution in [0.4, 0.5) is 0 Å². The number of aliphatic hydroxyl groups excluding tert-OH is 1. The number of nitrogens with two attached hydrogens (primary N) is 1. The molecule has 1 saturated carbocycles. The normalized spacial score (nSPS) is 25.2. The first-order valence-corrected chi connectivity index (χ1v) is 7.38. The van der Waals surface area contributed by atoms with Crippen molar-refractivity contribution in [2.24, 2.45) is 23.0 Å². The van der Waals surface area contributed by atoms with Crippen LogP contribution in [0.1, 0.15) is 53.4 Å². The van der Waals surface area contributed by atoms with Gasteiger partial charge in [0.15, 0.2) is 0 Å². The van der Waals surface area contributed by atoms with Crippen LogP contribution in [0.2, 0.25) is 0 Å². The van der Waals surface area contributed by atoms with Crippen LogP contribution >= 0.6 is 0 Å². The minimum absolute atomic E-state index is 0.00210. The van der Waals surface area contributed by atoms with E-state index in [1.54, 1.807) is 0 Å². The van der Waals surface area contributed by atoms with Gasteiger partial charge in [-0.05, 0) is 52.4 Å². The molecular weight excluding hydrogens is 240 g/mol. The van der Waals surface area contributed by atoms with Gasteiger partial charge in [-0.2, -0.15) is 0 Å². The fraction of sp³-hybridized carbons (Fsp3) is 0.933. The fourth-order valence-corrected chi connectivity index (χ4v) is 2.53. The summed E-state index contributed by atoms with van der Waals surface area (Å²) in [7, 11) is 0. The Morgan fingerprint density at radius 2 is 1.74 bits per heavy atom. The van der Waals surface area contributed by atoms with Crippen molar-refractivity contribution in [3.05, 3.63) is 0 Å². The van der Waals surface area contributed by atoms with Crippen LogP contribution in [0.5, 0.6) is 0 Å². The Kier molecular flexibility index (Phi) is 5.39. The van der Waals surface area contributed by atoms with Gasteiger partial charge in [-0.3, -0.25) is 4.79 Å². The molecule has 4 N–H and O–H groups in total. The second-order valence-electron chi connectivity index (χ2n) is 7.04. The number of carbonyl (C=O) groups is 1. The van der Waals surface area contributed by atoms with Gasteiger partial charge in [-0.15, -0.1) is 0 Å². The highest BCUT2D eigenvalue weighted by Gasteiger charge is 2.40. The first kappa shape index (κ1) is 16.4. The number of hydrogen-bond donors (Lipinski definition) is 3. The SMILES string of the molecule is CC(C)(N)C(C)(C)C(=O)NCC1CCCCC1CO. The van der Waals surface area contributed by atoms with Crippen molar-refractivity contribution in [3.63, 3.8) is 0 Å². The molecule has 1 fully saturated rings. The van der Waals surface area contributed by atoms with Crippen LogP contribution in [0.15, 0.2) is 0 Å². The smallest absolute Gasteiger partial charge is 0.227 e. The summed E-state index contributed by atoms with van der Waals surface area (Å²) in [4.78, 5) is 12.3. The molecule has 0 heterocycles. The quantitative estimate of drug-likeness (QED) is 0.711. The Hall–Kier alpha value is -0.610. The van der Waals surface area contributed by atoms with Crippen molar-refractivity contribution in [1.82, 2.24) is 5.32 Å². The minimum Gasteiger partial charge on any atom is -0.396 e. The Morgan fingerprint density at radius 3 is 2.21 bits per heavy atom. The lowest BCUT2D eigenvalue weighted by atomic mass is 9.74. The van der Waals surface area contributed by atoms with E-state index in [1.165, 1.54) is 12.8 Å². The molecule has 0 saturated heterocycles. The third-order valence-electron chi connectivity index (χ3n) is 5.00. The highest BCUT2D eigenvalue weighted by atomic mass is 16.3. The Labute approximate surface area is 117 Å². The summed E-state index contributed by atoms with van der Waals surface area (Å²) in [5, 5.41) is 12.4. The number of hydrogen-bond acceptors (Lipinski definition) is 3. The molecule has 112 valence electrons. The summed E-state index contributed by atoms with van der Waals surface area (Å²) >= 11 is 0. The molecule has 0 aromatic rings. The van der Waals surface area contributed by atoms with Gasteiger partial charge in [0.1, 0.15) is 0 Å². The molecule has 0 aromatic carbocycles. The van der Waals surface area contributed by atoms with Crippen LogP contribution in [0, 0.1) is 17.3 Å². The first-order valence-electron chi connectivity index (χ1n) is 7.38. The summed E-state index contributed by atoms with van der Waals surface area (Å²) in [5.74, 6) is 0.740. The molecule has 1 aliphatic rings. The standard InChI is InChI=1S/C15H30N2O2/c1-14(2,15(3,4)16)13(19)17-9-11-7-5-6-8-12(11)10-18/h11-12,18H,5-10,16H2,1-4H3,(H,17,19). The van der Waals surface area contributed by atoms with E-state index in [0.717, 1.165) is 12.8 Å². The molecule has 0 radical (unpaired) electrons. The summed E-state index contributed by atoms with van der Waals surface area (Å²) < 4.78 is 0. The van der Waals surface area contributed by atoms with Gasteiger partial charge in [0.05, 0.1) is 5.41 Å². The van der Waals surface area contributed by atoms with Gasteiger partial charge < -0.3 is 16.2 Å². The molecule has 19 heavy (non-hydrogen) atoms. The maximum atomic E-state index is 12.3. The van der Waals surface area contributed by atoms with E-state index in [9.17, 15) is 9.90 Å². The maximum absolute atomic E-state index is 12.3. The molecule has 2 atom stereocenters. The van der Waals surface area contributed by atoms with Gasteiger partial charge in [0.2, 0.25) is 5.91 Å². The summed E-state index contributed by atoms with van der Waals surface area (Å²) in [6.07, 6.45) is 4.56. The van der Waals surface area contributed by atoms with Crippen LogP contribution < -0.4 is 11.1 Å². The van der Waals surface area contributed by atoms with Gasteiger partial charge in [-0.25, -0.2) is 0 Å². The number of amides is 1. The third-order valence-corrected chi connectivity index (χ3v) is 5.00. The highest BCUT2D eigenvalue weighted by Crippen LogP contribution is 2.31. The van der Waals surface area contributed by atoms with Crippen molar-refractivity contribution >= 4 is 5.91 Å². The zero-order valence-electron chi connectivity index (χ0n) is 12.8. The average Bonchev–Trinajstić information content (AvgIpc) is 2.34. The summed E-state index contributed by atoms with van der Waals surface area (Å²) in [6, 6.07) is 0. The third kappa shape index (κ3) is 3.93. The number of carbonyl (C=O) groups excluding carboxylic acids is 1. The zero-order valence-corrected chi connectivity index (χ0v) is 12.8. The van der Waals surface area contributed by atoms with E-state index in [1.807, 2.05) is 27.7 Å². The Morgan fingerprint density at radius 1 is 1.21 bits per heavy atom. The minimum atomic E-state index is -0.601. The van der Waals surface area contributed by atoms with Crippen LogP contribution in [0.3, 0.4) is 0 Å². The molecule has 1 amide bonds. The second-order valence-corrected chi connectivity index (χ2v) is 7.04. The fourth-order valence-electron chi connectivity index (χ4n) is 2.53. The number of rotatable bonds is 5. The Balaban J connectivity index is 2.54. The molecule has 4 nitrogen and oxygen atoms in total. The molecule has 2 unspecified atom stereocenters. The molecule has 1 rings (SSSR count). The number of nitrogens with one attached hydrogen (secondary N) is 1. The van der Waals surface area contributed by atoms with Crippen LogP contribution in [-0.2, 0) is 4.79 Å². The monoisotopic (exact) mass is 270 g/mol. The van der Waals surface area contributed by atoms with Crippen molar-refractivity contribution in [2.75, 3.05) is 13.2 Å². The first-order chi connectivity index (χ1) is 8.70. The lowest BCUT2D eigenvalue weighted by molar-refractivity contribution is -0.132. The highest BCUT2D eigenvalue weighted by molar-refractivity contribution is 5.83. The van der Waals surface area contributed by atoms with Gasteiger partial charge in [-0.1, -0.05) is 12.8 Å². The van der Waals surface area contributed by atoms with Crippen molar-refractivity contribution in [1.29, 1.82) is 0 Å². The van der Waals surface area contributed by atoms with Crippen molar-refractivity contribution < 1.29 is 9.90 Å². The van der Waals surface area contributed by atoms with E-state index < -0.39 is 11.0 Å². The molecule has 0 bridgehead atoms. The molecule has 1 aliphatic carbocycles. The van der Waals surface area contributed by atoms with Crippen LogP contribution in [0.25, 0.3) is 0 Å². The van der Waals surface area contributed by atoms with Gasteiger partial charge >= 0.3 is 0 Å². The molecular formula is C15H30N2O2. The molecule has 0 spiro atoms. The van der Waals surface area contributed by atoms with Gasteiger partial charge in [0, 0.05) is 18.7 Å². The molecule has 4 heteroatoms. The van der Waals surface area contributed by atoms with Crippen LogP contribution in [-0.4, -0.2) is 29.7 Å². The topological polar surface area (TPSA) is 75.4 Å². The van der Waals surface area contributed by atoms with E-state index in [-0.39, 0.29) is 12.5 Å². The predicted molar refractivity (Wildman–Crippen MR) is 77.6 cm³/mol. The zero-order chi connectivity index (χ0) is 14.7. The summed E-state index contributed by atoms with van der Waals surface area (Å²) in [5.41, 5.74) is 4.92. The second kappa shape index (κ2) is 6.23.